The summed E-state index contributed by atoms with van der Waals surface area (Å²) in [5.41, 5.74) is -0.366. The van der Waals surface area contributed by atoms with E-state index in [2.05, 4.69) is 4.98 Å². The number of thiophene rings is 1. The Balaban J connectivity index is 1.55. The van der Waals surface area contributed by atoms with Gasteiger partial charge in [-0.05, 0) is 36.2 Å². The van der Waals surface area contributed by atoms with Gasteiger partial charge in [0.25, 0.3) is 11.5 Å². The Hall–Kier alpha value is -3.86. The van der Waals surface area contributed by atoms with Crippen LogP contribution in [0, 0.1) is 17.5 Å². The maximum absolute atomic E-state index is 13.6. The molecule has 0 aliphatic carbocycles. The maximum atomic E-state index is 13.6. The number of hydrogen-bond donors (Lipinski definition) is 1. The first-order valence-corrected chi connectivity index (χ1v) is 11.0. The van der Waals surface area contributed by atoms with Crippen LogP contribution in [0.2, 0.25) is 0 Å². The summed E-state index contributed by atoms with van der Waals surface area (Å²) < 4.78 is 46.6. The number of H-pyrrole nitrogens is 1. The third kappa shape index (κ3) is 3.48. The Labute approximate surface area is 193 Å². The van der Waals surface area contributed by atoms with E-state index in [1.807, 2.05) is 0 Å². The fourth-order valence-electron chi connectivity index (χ4n) is 4.09. The van der Waals surface area contributed by atoms with Gasteiger partial charge in [0.2, 0.25) is 0 Å². The topological polar surface area (TPSA) is 84.4 Å². The number of methoxy groups -OCH3 is 1. The van der Waals surface area contributed by atoms with Crippen molar-refractivity contribution in [1.82, 2.24) is 14.5 Å². The normalized spacial score (nSPS) is 13.2. The molecule has 11 heteroatoms. The summed E-state index contributed by atoms with van der Waals surface area (Å²) in [6, 6.07) is 7.86. The molecule has 3 heterocycles. The van der Waals surface area contributed by atoms with Crippen LogP contribution in [0.3, 0.4) is 0 Å². The van der Waals surface area contributed by atoms with Gasteiger partial charge in [-0.15, -0.1) is 11.3 Å². The molecular formula is C23H16F3N3O4S. The minimum Gasteiger partial charge on any atom is -0.497 e. The lowest BCUT2D eigenvalue weighted by Crippen LogP contribution is -2.36. The Bertz CT molecular complexity index is 1570. The van der Waals surface area contributed by atoms with Crippen molar-refractivity contribution in [3.63, 3.8) is 0 Å². The second-order valence-corrected chi connectivity index (χ2v) is 8.82. The first-order valence-electron chi connectivity index (χ1n) is 10.2. The first kappa shape index (κ1) is 22.0. The molecule has 0 saturated carbocycles. The van der Waals surface area contributed by atoms with Crippen molar-refractivity contribution in [3.8, 4) is 11.4 Å². The van der Waals surface area contributed by atoms with Crippen molar-refractivity contribution in [2.24, 2.45) is 0 Å². The van der Waals surface area contributed by atoms with Crippen molar-refractivity contribution >= 4 is 27.5 Å². The summed E-state index contributed by atoms with van der Waals surface area (Å²) in [6.45, 7) is 0.255. The molecule has 174 valence electrons. The maximum Gasteiger partial charge on any atom is 0.334 e. The molecule has 1 N–H and O–H groups in total. The minimum atomic E-state index is -1.64. The second-order valence-electron chi connectivity index (χ2n) is 7.71. The highest BCUT2D eigenvalue weighted by atomic mass is 32.1. The number of carbonyl (C=O) groups excluding carboxylic acids is 1. The fraction of sp³-hybridized carbons (Fsp3) is 0.174. The zero-order valence-corrected chi connectivity index (χ0v) is 18.5. The van der Waals surface area contributed by atoms with Gasteiger partial charge in [0.15, 0.2) is 17.5 Å². The Morgan fingerprint density at radius 3 is 2.56 bits per heavy atom. The smallest absolute Gasteiger partial charge is 0.334 e. The van der Waals surface area contributed by atoms with Crippen LogP contribution in [0.5, 0.6) is 5.75 Å². The number of benzene rings is 2. The van der Waals surface area contributed by atoms with Crippen LogP contribution in [-0.4, -0.2) is 34.0 Å². The van der Waals surface area contributed by atoms with Crippen molar-refractivity contribution in [3.05, 3.63) is 90.7 Å². The molecule has 0 saturated heterocycles. The van der Waals surface area contributed by atoms with E-state index in [9.17, 15) is 27.6 Å². The van der Waals surface area contributed by atoms with Gasteiger partial charge >= 0.3 is 5.69 Å². The van der Waals surface area contributed by atoms with Crippen LogP contribution in [0.15, 0.2) is 46.0 Å². The van der Waals surface area contributed by atoms with Crippen LogP contribution >= 0.6 is 11.3 Å². The summed E-state index contributed by atoms with van der Waals surface area (Å²) in [4.78, 5) is 44.0. The molecule has 1 aliphatic heterocycles. The van der Waals surface area contributed by atoms with E-state index < -0.39 is 34.6 Å². The van der Waals surface area contributed by atoms with E-state index >= 15 is 0 Å². The fourth-order valence-corrected chi connectivity index (χ4v) is 5.34. The highest BCUT2D eigenvalue weighted by Gasteiger charge is 2.28. The number of rotatable bonds is 3. The number of hydrogen-bond acceptors (Lipinski definition) is 5. The molecule has 0 bridgehead atoms. The number of aromatic amines is 1. The molecule has 0 spiro atoms. The molecule has 0 unspecified atom stereocenters. The molecule has 1 aliphatic rings. The molecule has 0 radical (unpaired) electrons. The summed E-state index contributed by atoms with van der Waals surface area (Å²) in [6.07, 6.45) is 0.298. The Morgan fingerprint density at radius 2 is 1.85 bits per heavy atom. The number of fused-ring (bicyclic) bond motifs is 3. The van der Waals surface area contributed by atoms with Gasteiger partial charge in [-0.2, -0.15) is 0 Å². The van der Waals surface area contributed by atoms with E-state index in [4.69, 9.17) is 4.74 Å². The zero-order chi connectivity index (χ0) is 24.1. The lowest BCUT2D eigenvalue weighted by Gasteiger charge is -2.27. The number of nitrogens with zero attached hydrogens (tertiary/aromatic N) is 2. The number of halogens is 3. The molecule has 2 aromatic heterocycles. The number of nitrogens with one attached hydrogen (secondary N) is 1. The van der Waals surface area contributed by atoms with Crippen LogP contribution in [0.25, 0.3) is 15.9 Å². The highest BCUT2D eigenvalue weighted by molar-refractivity contribution is 7.18. The number of ether oxygens (including phenoxy) is 1. The van der Waals surface area contributed by atoms with E-state index in [0.717, 1.165) is 4.57 Å². The SMILES string of the molecule is COc1cccc(-n2c(=O)[nH]c3sc4c(c3c2=O)CCN(C(=O)c2cc(F)c(F)c(F)c2)C4)c1. The average Bonchev–Trinajstić information content (AvgIpc) is 3.19. The second kappa shape index (κ2) is 8.17. The predicted octanol–water partition coefficient (Wildman–Crippen LogP) is 3.36. The van der Waals surface area contributed by atoms with Crippen LogP contribution in [0.1, 0.15) is 20.8 Å². The van der Waals surface area contributed by atoms with Crippen molar-refractivity contribution < 1.29 is 22.7 Å². The minimum absolute atomic E-state index is 0.0781. The van der Waals surface area contributed by atoms with E-state index in [1.165, 1.54) is 23.3 Å². The molecule has 5 rings (SSSR count). The quantitative estimate of drug-likeness (QED) is 0.449. The lowest BCUT2D eigenvalue weighted by atomic mass is 10.0. The van der Waals surface area contributed by atoms with Crippen molar-refractivity contribution in [2.45, 2.75) is 13.0 Å². The molecule has 7 nitrogen and oxygen atoms in total. The molecule has 1 amide bonds. The number of aromatic nitrogens is 2. The summed E-state index contributed by atoms with van der Waals surface area (Å²) >= 11 is 1.17. The monoisotopic (exact) mass is 487 g/mol. The Kier molecular flexibility index (Phi) is 5.28. The van der Waals surface area contributed by atoms with Gasteiger partial charge in [0, 0.05) is 23.1 Å². The van der Waals surface area contributed by atoms with Gasteiger partial charge < -0.3 is 9.64 Å². The molecular weight excluding hydrogens is 471 g/mol. The Morgan fingerprint density at radius 1 is 1.12 bits per heavy atom. The van der Waals surface area contributed by atoms with Gasteiger partial charge in [0.05, 0.1) is 24.7 Å². The van der Waals surface area contributed by atoms with E-state index in [1.54, 1.807) is 24.3 Å². The molecule has 0 fully saturated rings. The van der Waals surface area contributed by atoms with Gasteiger partial charge in [-0.25, -0.2) is 22.5 Å². The van der Waals surface area contributed by atoms with Gasteiger partial charge in [-0.3, -0.25) is 14.6 Å². The molecule has 4 aromatic rings. The van der Waals surface area contributed by atoms with Crippen LogP contribution < -0.4 is 16.0 Å². The lowest BCUT2D eigenvalue weighted by molar-refractivity contribution is 0.0736. The summed E-state index contributed by atoms with van der Waals surface area (Å²) in [5.74, 6) is -4.71. The standard InChI is InChI=1S/C23H16F3N3O4S/c1-33-13-4-2-3-12(9-13)29-22(31)18-14-5-6-28(10-17(14)34-20(18)27-23(29)32)21(30)11-7-15(24)19(26)16(25)8-11/h2-4,7-9H,5-6,10H2,1H3,(H,27,32). The first-order chi connectivity index (χ1) is 16.3. The van der Waals surface area contributed by atoms with Crippen molar-refractivity contribution in [2.75, 3.05) is 13.7 Å². The average molecular weight is 487 g/mol. The van der Waals surface area contributed by atoms with E-state index in [0.29, 0.717) is 50.6 Å². The van der Waals surface area contributed by atoms with Crippen LogP contribution in [-0.2, 0) is 13.0 Å². The van der Waals surface area contributed by atoms with Gasteiger partial charge in [0.1, 0.15) is 10.6 Å². The van der Waals surface area contributed by atoms with Gasteiger partial charge in [-0.1, -0.05) is 6.07 Å². The third-order valence-electron chi connectivity index (χ3n) is 5.73. The predicted molar refractivity (Wildman–Crippen MR) is 119 cm³/mol. The highest BCUT2D eigenvalue weighted by Crippen LogP contribution is 2.33. The zero-order valence-electron chi connectivity index (χ0n) is 17.7. The molecule has 34 heavy (non-hydrogen) atoms. The molecule has 2 aromatic carbocycles. The third-order valence-corrected chi connectivity index (χ3v) is 6.86. The summed E-state index contributed by atoms with van der Waals surface area (Å²) in [5, 5.41) is 0.355. The van der Waals surface area contributed by atoms with E-state index in [-0.39, 0.29) is 18.7 Å². The molecule has 0 atom stereocenters. The summed E-state index contributed by atoms with van der Waals surface area (Å²) in [7, 11) is 1.48. The van der Waals surface area contributed by atoms with Crippen LogP contribution in [0.4, 0.5) is 13.2 Å². The number of carbonyl (C=O) groups is 1. The van der Waals surface area contributed by atoms with Crippen molar-refractivity contribution in [1.29, 1.82) is 0 Å². The largest absolute Gasteiger partial charge is 0.497 e. The number of amides is 1.